The third kappa shape index (κ3) is 6.32. The average Bonchev–Trinajstić information content (AvgIpc) is 3.61. The van der Waals surface area contributed by atoms with E-state index in [0.29, 0.717) is 6.47 Å². The number of ether oxygens (including phenoxy) is 1. The number of hydrogen-bond acceptors (Lipinski definition) is 3. The van der Waals surface area contributed by atoms with Crippen LogP contribution in [0.4, 0.5) is 0 Å². The maximum Gasteiger partial charge on any atom is 0.309 e. The molecule has 3 rings (SSSR count). The number of aryl methyl sites for hydroxylation is 3. The molecule has 0 aromatic heterocycles. The van der Waals surface area contributed by atoms with E-state index in [9.17, 15) is 14.7 Å². The highest BCUT2D eigenvalue weighted by Gasteiger charge is 2.49. The number of carbonyl (C=O) groups excluding carboxylic acids is 1. The summed E-state index contributed by atoms with van der Waals surface area (Å²) in [6.45, 7) is 2.80. The van der Waals surface area contributed by atoms with Gasteiger partial charge in [-0.15, -0.1) is 0 Å². The molecular weight excluding hydrogens is 364 g/mol. The Morgan fingerprint density at radius 3 is 2.34 bits per heavy atom. The van der Waals surface area contributed by atoms with E-state index in [0.717, 1.165) is 77.0 Å². The predicted molar refractivity (Wildman–Crippen MR) is 114 cm³/mol. The molecule has 2 saturated carbocycles. The van der Waals surface area contributed by atoms with E-state index in [1.807, 2.05) is 0 Å². The summed E-state index contributed by atoms with van der Waals surface area (Å²) in [5.41, 5.74) is 3.75. The van der Waals surface area contributed by atoms with Gasteiger partial charge in [-0.05, 0) is 94.2 Å². The maximum absolute atomic E-state index is 11.2. The number of unbranched alkanes of at least 4 members (excludes halogenated alkanes) is 4. The Balaban J connectivity index is 1.32. The lowest BCUT2D eigenvalue weighted by Gasteiger charge is -2.13. The third-order valence-corrected chi connectivity index (χ3v) is 7.03. The number of rotatable bonds is 15. The highest BCUT2D eigenvalue weighted by Crippen LogP contribution is 2.50. The third-order valence-electron chi connectivity index (χ3n) is 7.03. The Hall–Kier alpha value is -1.84. The van der Waals surface area contributed by atoms with Crippen LogP contribution in [0.3, 0.4) is 0 Å². The Morgan fingerprint density at radius 2 is 1.69 bits per heavy atom. The minimum absolute atomic E-state index is 0.121. The van der Waals surface area contributed by atoms with Crippen LogP contribution in [0.15, 0.2) is 18.2 Å². The van der Waals surface area contributed by atoms with E-state index in [1.54, 1.807) is 0 Å². The molecule has 2 aliphatic carbocycles. The van der Waals surface area contributed by atoms with E-state index < -0.39 is 5.97 Å². The molecule has 2 fully saturated rings. The van der Waals surface area contributed by atoms with Crippen LogP contribution in [0.5, 0.6) is 0 Å². The lowest BCUT2D eigenvalue weighted by molar-refractivity contribution is -0.143. The lowest BCUT2D eigenvalue weighted by Crippen LogP contribution is -2.14. The number of aliphatic carboxylic acids is 1. The van der Waals surface area contributed by atoms with Gasteiger partial charge in [0.05, 0.1) is 5.41 Å². The zero-order valence-electron chi connectivity index (χ0n) is 17.9. The summed E-state index contributed by atoms with van der Waals surface area (Å²) in [6.07, 6.45) is 14.6. The second-order valence-corrected chi connectivity index (χ2v) is 9.36. The smallest absolute Gasteiger partial charge is 0.309 e. The summed E-state index contributed by atoms with van der Waals surface area (Å²) in [4.78, 5) is 21.8. The van der Waals surface area contributed by atoms with Crippen molar-refractivity contribution in [3.8, 4) is 0 Å². The Morgan fingerprint density at radius 1 is 1.00 bits per heavy atom. The van der Waals surface area contributed by atoms with Crippen LogP contribution in [-0.2, 0) is 27.2 Å². The van der Waals surface area contributed by atoms with Gasteiger partial charge < -0.3 is 9.84 Å². The van der Waals surface area contributed by atoms with Crippen LogP contribution < -0.4 is 0 Å². The normalized spacial score (nSPS) is 18.2. The summed E-state index contributed by atoms with van der Waals surface area (Å²) >= 11 is 0. The van der Waals surface area contributed by atoms with Crippen LogP contribution in [0, 0.1) is 12.3 Å². The Labute approximate surface area is 175 Å². The van der Waals surface area contributed by atoms with Gasteiger partial charge in [0, 0.05) is 0 Å². The van der Waals surface area contributed by atoms with Crippen LogP contribution in [0.2, 0.25) is 0 Å². The predicted octanol–water partition coefficient (Wildman–Crippen LogP) is 5.77. The van der Waals surface area contributed by atoms with Gasteiger partial charge in [0.15, 0.2) is 0 Å². The number of benzene rings is 1. The maximum atomic E-state index is 11.2. The highest BCUT2D eigenvalue weighted by molar-refractivity contribution is 5.77. The second-order valence-electron chi connectivity index (χ2n) is 9.36. The quantitative estimate of drug-likeness (QED) is 0.300. The standard InChI is InChI=1S/C25H36O4/c1-20-10-11-21(8-5-7-13-25(16-17-25)29-19-26)18-22(20)9-4-2-3-6-12-24(14-15-24)23(27)28/h10-11,18-19H,2-9,12-17H2,1H3,(H,27,28). The van der Waals surface area contributed by atoms with Gasteiger partial charge in [0.25, 0.3) is 6.47 Å². The first-order chi connectivity index (χ1) is 14.0. The Bertz CT molecular complexity index is 701. The van der Waals surface area contributed by atoms with E-state index in [-0.39, 0.29) is 11.0 Å². The summed E-state index contributed by atoms with van der Waals surface area (Å²) in [7, 11) is 0. The molecule has 29 heavy (non-hydrogen) atoms. The molecule has 160 valence electrons. The lowest BCUT2D eigenvalue weighted by atomic mass is 9.95. The summed E-state index contributed by atoms with van der Waals surface area (Å²) in [5.74, 6) is -0.589. The van der Waals surface area contributed by atoms with Crippen molar-refractivity contribution < 1.29 is 19.4 Å². The van der Waals surface area contributed by atoms with Gasteiger partial charge in [-0.3, -0.25) is 9.59 Å². The molecule has 4 heteroatoms. The van der Waals surface area contributed by atoms with Gasteiger partial charge in [0.1, 0.15) is 5.60 Å². The summed E-state index contributed by atoms with van der Waals surface area (Å²) in [6, 6.07) is 6.86. The van der Waals surface area contributed by atoms with Crippen molar-refractivity contribution in [1.82, 2.24) is 0 Å². The molecule has 0 saturated heterocycles. The zero-order valence-corrected chi connectivity index (χ0v) is 17.9. The van der Waals surface area contributed by atoms with Crippen LogP contribution in [0.1, 0.15) is 93.7 Å². The molecule has 0 atom stereocenters. The molecule has 4 nitrogen and oxygen atoms in total. The van der Waals surface area contributed by atoms with Gasteiger partial charge in [-0.2, -0.15) is 0 Å². The molecule has 0 aliphatic heterocycles. The van der Waals surface area contributed by atoms with Crippen molar-refractivity contribution in [3.63, 3.8) is 0 Å². The molecule has 0 bridgehead atoms. The van der Waals surface area contributed by atoms with Crippen molar-refractivity contribution >= 4 is 12.4 Å². The van der Waals surface area contributed by atoms with Crippen molar-refractivity contribution in [2.75, 3.05) is 0 Å². The van der Waals surface area contributed by atoms with Crippen molar-refractivity contribution in [2.45, 2.75) is 102 Å². The zero-order chi connectivity index (χ0) is 20.7. The largest absolute Gasteiger partial charge is 0.481 e. The second kappa shape index (κ2) is 9.77. The molecule has 0 radical (unpaired) electrons. The molecule has 0 spiro atoms. The van der Waals surface area contributed by atoms with Gasteiger partial charge in [-0.1, -0.05) is 37.5 Å². The molecule has 0 unspecified atom stereocenters. The van der Waals surface area contributed by atoms with Gasteiger partial charge >= 0.3 is 5.97 Å². The molecule has 1 N–H and O–H groups in total. The van der Waals surface area contributed by atoms with E-state index in [2.05, 4.69) is 25.1 Å². The van der Waals surface area contributed by atoms with E-state index in [4.69, 9.17) is 4.74 Å². The number of carbonyl (C=O) groups is 2. The Kier molecular flexibility index (Phi) is 7.37. The van der Waals surface area contributed by atoms with Crippen LogP contribution in [0.25, 0.3) is 0 Å². The summed E-state index contributed by atoms with van der Waals surface area (Å²) in [5, 5.41) is 9.24. The fourth-order valence-corrected chi connectivity index (χ4v) is 4.45. The molecule has 0 amide bonds. The number of hydrogen-bond donors (Lipinski definition) is 1. The molecule has 0 heterocycles. The van der Waals surface area contributed by atoms with Crippen molar-refractivity contribution in [2.24, 2.45) is 5.41 Å². The van der Waals surface area contributed by atoms with Crippen LogP contribution >= 0.6 is 0 Å². The van der Waals surface area contributed by atoms with E-state index >= 15 is 0 Å². The first-order valence-electron chi connectivity index (χ1n) is 11.4. The molecule has 2 aliphatic rings. The monoisotopic (exact) mass is 400 g/mol. The minimum atomic E-state index is -0.589. The van der Waals surface area contributed by atoms with Crippen molar-refractivity contribution in [1.29, 1.82) is 0 Å². The van der Waals surface area contributed by atoms with E-state index in [1.165, 1.54) is 29.5 Å². The SMILES string of the molecule is Cc1ccc(CCCCC2(OC=O)CC2)cc1CCCCCCC1(C(=O)O)CC1. The van der Waals surface area contributed by atoms with Gasteiger partial charge in [0.2, 0.25) is 0 Å². The highest BCUT2D eigenvalue weighted by atomic mass is 16.5. The minimum Gasteiger partial charge on any atom is -0.481 e. The fourth-order valence-electron chi connectivity index (χ4n) is 4.45. The fraction of sp³-hybridized carbons (Fsp3) is 0.680. The topological polar surface area (TPSA) is 63.6 Å². The van der Waals surface area contributed by atoms with Crippen LogP contribution in [-0.4, -0.2) is 23.1 Å². The average molecular weight is 401 g/mol. The number of carboxylic acid groups (broad SMARTS) is 1. The summed E-state index contributed by atoms with van der Waals surface area (Å²) < 4.78 is 5.22. The first kappa shape index (κ1) is 21.9. The molecule has 1 aromatic rings. The molecular formula is C25H36O4. The number of carboxylic acids is 1. The first-order valence-corrected chi connectivity index (χ1v) is 11.4. The van der Waals surface area contributed by atoms with Gasteiger partial charge in [-0.25, -0.2) is 0 Å². The molecule has 1 aromatic carbocycles. The van der Waals surface area contributed by atoms with Crippen molar-refractivity contribution in [3.05, 3.63) is 34.9 Å².